The van der Waals surface area contributed by atoms with E-state index in [-0.39, 0.29) is 24.5 Å². The Morgan fingerprint density at radius 2 is 1.91 bits per heavy atom. The molecule has 1 fully saturated rings. The highest BCUT2D eigenvalue weighted by Crippen LogP contribution is 2.13. The van der Waals surface area contributed by atoms with E-state index in [2.05, 4.69) is 12.2 Å². The van der Waals surface area contributed by atoms with Crippen LogP contribution in [0.3, 0.4) is 0 Å². The molecule has 0 unspecified atom stereocenters. The number of carbonyl (C=O) groups excluding carboxylic acids is 2. The number of unbranched alkanes of at least 4 members (excludes halogenated alkanes) is 1. The molecule has 1 N–H and O–H groups in total. The minimum absolute atomic E-state index is 0.0274. The van der Waals surface area contributed by atoms with Gasteiger partial charge < -0.3 is 15.0 Å². The van der Waals surface area contributed by atoms with Crippen LogP contribution in [0.4, 0.5) is 0 Å². The van der Waals surface area contributed by atoms with Crippen LogP contribution in [0.2, 0.25) is 0 Å². The highest BCUT2D eigenvalue weighted by molar-refractivity contribution is 5.78. The SMILES string of the molecule is CCCCC(=O)N1CCC(NC(=O)COc2ccccc2)CC1. The van der Waals surface area contributed by atoms with Crippen molar-refractivity contribution in [1.29, 1.82) is 0 Å². The fraction of sp³-hybridized carbons (Fsp3) is 0.556. The van der Waals surface area contributed by atoms with Crippen LogP contribution >= 0.6 is 0 Å². The summed E-state index contributed by atoms with van der Waals surface area (Å²) in [5.74, 6) is 0.827. The van der Waals surface area contributed by atoms with E-state index < -0.39 is 0 Å². The highest BCUT2D eigenvalue weighted by Gasteiger charge is 2.23. The average molecular weight is 318 g/mol. The summed E-state index contributed by atoms with van der Waals surface area (Å²) in [5.41, 5.74) is 0. The van der Waals surface area contributed by atoms with Crippen LogP contribution in [-0.4, -0.2) is 42.5 Å². The summed E-state index contributed by atoms with van der Waals surface area (Å²) in [6, 6.07) is 9.44. The van der Waals surface area contributed by atoms with Gasteiger partial charge in [0.15, 0.2) is 6.61 Å². The lowest BCUT2D eigenvalue weighted by Gasteiger charge is -2.32. The molecule has 5 nitrogen and oxygen atoms in total. The van der Waals surface area contributed by atoms with Crippen LogP contribution in [0.25, 0.3) is 0 Å². The third kappa shape index (κ3) is 5.93. The second-order valence-corrected chi connectivity index (χ2v) is 5.93. The normalized spacial score (nSPS) is 15.3. The minimum atomic E-state index is -0.107. The first-order chi connectivity index (χ1) is 11.2. The maximum absolute atomic E-state index is 12.0. The van der Waals surface area contributed by atoms with Gasteiger partial charge >= 0.3 is 0 Å². The van der Waals surface area contributed by atoms with Crippen molar-refractivity contribution in [2.45, 2.75) is 45.1 Å². The van der Waals surface area contributed by atoms with Crippen molar-refractivity contribution in [2.75, 3.05) is 19.7 Å². The molecule has 23 heavy (non-hydrogen) atoms. The number of ether oxygens (including phenoxy) is 1. The molecule has 1 aromatic rings. The molecular formula is C18H26N2O3. The van der Waals surface area contributed by atoms with E-state index in [1.54, 1.807) is 0 Å². The summed E-state index contributed by atoms with van der Waals surface area (Å²) in [6.07, 6.45) is 4.26. The van der Waals surface area contributed by atoms with Crippen molar-refractivity contribution in [3.63, 3.8) is 0 Å². The number of rotatable bonds is 7. The van der Waals surface area contributed by atoms with Gasteiger partial charge in [0.1, 0.15) is 5.75 Å². The Morgan fingerprint density at radius 3 is 2.57 bits per heavy atom. The zero-order valence-corrected chi connectivity index (χ0v) is 13.8. The fourth-order valence-corrected chi connectivity index (χ4v) is 2.69. The molecule has 0 atom stereocenters. The van der Waals surface area contributed by atoms with Gasteiger partial charge in [-0.25, -0.2) is 0 Å². The Kier molecular flexibility index (Phi) is 6.91. The van der Waals surface area contributed by atoms with Crippen molar-refractivity contribution >= 4 is 11.8 Å². The first-order valence-electron chi connectivity index (χ1n) is 8.44. The predicted octanol–water partition coefficient (Wildman–Crippen LogP) is 2.36. The van der Waals surface area contributed by atoms with Crippen LogP contribution in [0, 0.1) is 0 Å². The number of carbonyl (C=O) groups is 2. The van der Waals surface area contributed by atoms with E-state index >= 15 is 0 Å². The van der Waals surface area contributed by atoms with Crippen LogP contribution < -0.4 is 10.1 Å². The summed E-state index contributed by atoms with van der Waals surface area (Å²) in [4.78, 5) is 25.8. The topological polar surface area (TPSA) is 58.6 Å². The molecule has 5 heteroatoms. The fourth-order valence-electron chi connectivity index (χ4n) is 2.69. The lowest BCUT2D eigenvalue weighted by Crippen LogP contribution is -2.47. The smallest absolute Gasteiger partial charge is 0.258 e. The summed E-state index contributed by atoms with van der Waals surface area (Å²) in [5, 5.41) is 2.99. The lowest BCUT2D eigenvalue weighted by molar-refractivity contribution is -0.132. The van der Waals surface area contributed by atoms with Crippen molar-refractivity contribution in [3.8, 4) is 5.75 Å². The molecule has 1 saturated heterocycles. The van der Waals surface area contributed by atoms with Gasteiger partial charge in [-0.15, -0.1) is 0 Å². The number of nitrogens with zero attached hydrogens (tertiary/aromatic N) is 1. The number of para-hydroxylation sites is 1. The number of amides is 2. The maximum Gasteiger partial charge on any atom is 0.258 e. The molecule has 1 aromatic carbocycles. The number of likely N-dealkylation sites (tertiary alicyclic amines) is 1. The van der Waals surface area contributed by atoms with E-state index in [0.29, 0.717) is 12.2 Å². The van der Waals surface area contributed by atoms with Crippen LogP contribution in [0.1, 0.15) is 39.0 Å². The zero-order chi connectivity index (χ0) is 16.5. The molecule has 0 aromatic heterocycles. The first-order valence-corrected chi connectivity index (χ1v) is 8.44. The van der Waals surface area contributed by atoms with E-state index in [4.69, 9.17) is 4.74 Å². The number of nitrogens with one attached hydrogen (secondary N) is 1. The van der Waals surface area contributed by atoms with E-state index in [1.807, 2.05) is 35.2 Å². The zero-order valence-electron chi connectivity index (χ0n) is 13.8. The molecule has 1 heterocycles. The Hall–Kier alpha value is -2.04. The average Bonchev–Trinajstić information content (AvgIpc) is 2.59. The maximum atomic E-state index is 12.0. The summed E-state index contributed by atoms with van der Waals surface area (Å²) >= 11 is 0. The molecule has 0 aliphatic carbocycles. The number of hydrogen-bond donors (Lipinski definition) is 1. The lowest BCUT2D eigenvalue weighted by atomic mass is 10.0. The number of piperidine rings is 1. The molecule has 126 valence electrons. The van der Waals surface area contributed by atoms with Crippen molar-refractivity contribution in [1.82, 2.24) is 10.2 Å². The molecular weight excluding hydrogens is 292 g/mol. The van der Waals surface area contributed by atoms with E-state index in [0.717, 1.165) is 38.8 Å². The van der Waals surface area contributed by atoms with Gasteiger partial charge in [0, 0.05) is 25.6 Å². The van der Waals surface area contributed by atoms with Gasteiger partial charge in [0.2, 0.25) is 5.91 Å². The monoisotopic (exact) mass is 318 g/mol. The molecule has 1 aliphatic heterocycles. The molecule has 0 saturated carbocycles. The first kappa shape index (κ1) is 17.3. The van der Waals surface area contributed by atoms with Gasteiger partial charge in [-0.3, -0.25) is 9.59 Å². The molecule has 2 rings (SSSR count). The molecule has 0 bridgehead atoms. The third-order valence-corrected chi connectivity index (χ3v) is 4.07. The van der Waals surface area contributed by atoms with Gasteiger partial charge in [0.05, 0.1) is 0 Å². The Balaban J connectivity index is 1.65. The number of benzene rings is 1. The molecule has 2 amide bonds. The van der Waals surface area contributed by atoms with E-state index in [9.17, 15) is 9.59 Å². The molecule has 1 aliphatic rings. The summed E-state index contributed by atoms with van der Waals surface area (Å²) in [7, 11) is 0. The Labute approximate surface area is 138 Å². The van der Waals surface area contributed by atoms with Gasteiger partial charge in [-0.1, -0.05) is 31.5 Å². The van der Waals surface area contributed by atoms with Crippen molar-refractivity contribution in [3.05, 3.63) is 30.3 Å². The van der Waals surface area contributed by atoms with Crippen LogP contribution in [-0.2, 0) is 9.59 Å². The minimum Gasteiger partial charge on any atom is -0.484 e. The largest absolute Gasteiger partial charge is 0.484 e. The van der Waals surface area contributed by atoms with Gasteiger partial charge in [-0.2, -0.15) is 0 Å². The second-order valence-electron chi connectivity index (χ2n) is 5.93. The van der Waals surface area contributed by atoms with Crippen LogP contribution in [0.15, 0.2) is 30.3 Å². The van der Waals surface area contributed by atoms with Crippen molar-refractivity contribution < 1.29 is 14.3 Å². The van der Waals surface area contributed by atoms with Crippen LogP contribution in [0.5, 0.6) is 5.75 Å². The standard InChI is InChI=1S/C18H26N2O3/c1-2-3-9-18(22)20-12-10-15(11-13-20)19-17(21)14-23-16-7-5-4-6-8-16/h4-8,15H,2-3,9-14H2,1H3,(H,19,21). The number of hydrogen-bond acceptors (Lipinski definition) is 3. The second kappa shape index (κ2) is 9.18. The summed E-state index contributed by atoms with van der Waals surface area (Å²) < 4.78 is 5.44. The van der Waals surface area contributed by atoms with Crippen molar-refractivity contribution in [2.24, 2.45) is 0 Å². The quantitative estimate of drug-likeness (QED) is 0.839. The predicted molar refractivity (Wildman–Crippen MR) is 89.2 cm³/mol. The van der Waals surface area contributed by atoms with E-state index in [1.165, 1.54) is 0 Å². The summed E-state index contributed by atoms with van der Waals surface area (Å²) in [6.45, 7) is 3.58. The Bertz CT molecular complexity index is 496. The molecule has 0 radical (unpaired) electrons. The highest BCUT2D eigenvalue weighted by atomic mass is 16.5. The van der Waals surface area contributed by atoms with Gasteiger partial charge in [-0.05, 0) is 31.4 Å². The van der Waals surface area contributed by atoms with Gasteiger partial charge in [0.25, 0.3) is 5.91 Å². The molecule has 0 spiro atoms. The Morgan fingerprint density at radius 1 is 1.22 bits per heavy atom. The third-order valence-electron chi connectivity index (χ3n) is 4.07.